The van der Waals surface area contributed by atoms with Crippen LogP contribution in [-0.2, 0) is 0 Å². The maximum Gasteiger partial charge on any atom is 0.0677 e. The van der Waals surface area contributed by atoms with Gasteiger partial charge >= 0.3 is 0 Å². The van der Waals surface area contributed by atoms with Crippen molar-refractivity contribution < 1.29 is 0 Å². The molecular formula is C14H5Cl3. The lowest BCUT2D eigenvalue weighted by atomic mass is 10.0. The van der Waals surface area contributed by atoms with Crippen molar-refractivity contribution >= 4 is 56.3 Å². The van der Waals surface area contributed by atoms with Crippen LogP contribution in [0.3, 0.4) is 0 Å². The van der Waals surface area contributed by atoms with E-state index in [9.17, 15) is 0 Å². The van der Waals surface area contributed by atoms with Gasteiger partial charge in [0.2, 0.25) is 0 Å². The Morgan fingerprint density at radius 1 is 0.882 bits per heavy atom. The van der Waals surface area contributed by atoms with Crippen LogP contribution in [0.1, 0.15) is 0 Å². The molecule has 0 saturated heterocycles. The summed E-state index contributed by atoms with van der Waals surface area (Å²) >= 11 is 18.4. The Kier molecular flexibility index (Phi) is 2.67. The van der Waals surface area contributed by atoms with Crippen molar-refractivity contribution in [2.45, 2.75) is 0 Å². The number of rotatable bonds is 0. The molecule has 17 heavy (non-hydrogen) atoms. The second kappa shape index (κ2) is 4.06. The molecule has 0 amide bonds. The second-order valence-corrected chi connectivity index (χ2v) is 4.87. The van der Waals surface area contributed by atoms with Crippen molar-refractivity contribution in [3.8, 4) is 0 Å². The fourth-order valence-corrected chi connectivity index (χ4v) is 2.58. The van der Waals surface area contributed by atoms with Gasteiger partial charge in [-0.1, -0.05) is 46.9 Å². The fourth-order valence-electron chi connectivity index (χ4n) is 1.94. The summed E-state index contributed by atoms with van der Waals surface area (Å²) in [6.45, 7) is 0. The minimum absolute atomic E-state index is 0.414. The maximum absolute atomic E-state index is 6.23. The van der Waals surface area contributed by atoms with Crippen molar-refractivity contribution in [3.05, 3.63) is 57.5 Å². The third-order valence-corrected chi connectivity index (χ3v) is 3.85. The van der Waals surface area contributed by atoms with Gasteiger partial charge in [0.1, 0.15) is 0 Å². The molecule has 0 aromatic heterocycles. The zero-order valence-corrected chi connectivity index (χ0v) is 10.8. The van der Waals surface area contributed by atoms with E-state index in [1.807, 2.05) is 30.3 Å². The Bertz CT molecular complexity index is 732. The zero-order chi connectivity index (χ0) is 12.0. The SMILES string of the molecule is Clc1[c]cc2c(cc(Cl)c3c[c]ccc32)c1Cl. The van der Waals surface area contributed by atoms with Crippen molar-refractivity contribution in [1.82, 2.24) is 0 Å². The van der Waals surface area contributed by atoms with Crippen molar-refractivity contribution in [2.24, 2.45) is 0 Å². The van der Waals surface area contributed by atoms with Crippen LogP contribution in [0.15, 0.2) is 30.3 Å². The Morgan fingerprint density at radius 2 is 1.71 bits per heavy atom. The molecular weight excluding hydrogens is 275 g/mol. The minimum atomic E-state index is 0.414. The van der Waals surface area contributed by atoms with E-state index in [1.165, 1.54) is 0 Å². The van der Waals surface area contributed by atoms with E-state index >= 15 is 0 Å². The normalized spacial score (nSPS) is 11.2. The molecule has 2 radical (unpaired) electrons. The molecule has 3 heteroatoms. The Morgan fingerprint density at radius 3 is 2.53 bits per heavy atom. The van der Waals surface area contributed by atoms with E-state index in [0.717, 1.165) is 21.5 Å². The molecule has 0 unspecified atom stereocenters. The summed E-state index contributed by atoms with van der Waals surface area (Å²) in [4.78, 5) is 0. The zero-order valence-electron chi connectivity index (χ0n) is 8.52. The van der Waals surface area contributed by atoms with E-state index in [-0.39, 0.29) is 0 Å². The predicted molar refractivity (Wildman–Crippen MR) is 74.2 cm³/mol. The van der Waals surface area contributed by atoms with E-state index in [0.29, 0.717) is 15.1 Å². The standard InChI is InChI=1S/C14H5Cl3/c15-12-6-5-9-8-3-1-2-4-10(8)13(16)7-11(9)14(12)17/h1,3-5,7H. The first-order chi connectivity index (χ1) is 8.18. The fraction of sp³-hybridized carbons (Fsp3) is 0. The summed E-state index contributed by atoms with van der Waals surface area (Å²) < 4.78 is 0. The summed E-state index contributed by atoms with van der Waals surface area (Å²) in [5, 5.41) is 5.37. The maximum atomic E-state index is 6.23. The molecule has 0 aliphatic carbocycles. The monoisotopic (exact) mass is 278 g/mol. The van der Waals surface area contributed by atoms with Crippen LogP contribution in [0, 0.1) is 12.1 Å². The first-order valence-electron chi connectivity index (χ1n) is 4.96. The molecule has 0 heterocycles. The summed E-state index contributed by atoms with van der Waals surface area (Å²) in [5.74, 6) is 0. The van der Waals surface area contributed by atoms with Gasteiger partial charge < -0.3 is 0 Å². The van der Waals surface area contributed by atoms with Gasteiger partial charge in [0.25, 0.3) is 0 Å². The molecule has 0 aliphatic heterocycles. The number of hydrogen-bond acceptors (Lipinski definition) is 0. The topological polar surface area (TPSA) is 0 Å². The van der Waals surface area contributed by atoms with Crippen LogP contribution >= 0.6 is 34.8 Å². The van der Waals surface area contributed by atoms with Gasteiger partial charge in [-0.05, 0) is 35.0 Å². The van der Waals surface area contributed by atoms with Crippen molar-refractivity contribution in [3.63, 3.8) is 0 Å². The van der Waals surface area contributed by atoms with Gasteiger partial charge in [0.15, 0.2) is 0 Å². The lowest BCUT2D eigenvalue weighted by Gasteiger charge is -2.08. The molecule has 0 fully saturated rings. The Hall–Kier alpha value is -0.950. The molecule has 0 saturated carbocycles. The summed E-state index contributed by atoms with van der Waals surface area (Å²) in [5.41, 5.74) is 0. The molecule has 3 aromatic rings. The average Bonchev–Trinajstić information content (AvgIpc) is 2.35. The third-order valence-electron chi connectivity index (χ3n) is 2.75. The highest BCUT2D eigenvalue weighted by atomic mass is 35.5. The van der Waals surface area contributed by atoms with Crippen LogP contribution in [0.2, 0.25) is 15.1 Å². The number of hydrogen-bond donors (Lipinski definition) is 0. The third kappa shape index (κ3) is 1.68. The lowest BCUT2D eigenvalue weighted by molar-refractivity contribution is 1.74. The minimum Gasteiger partial charge on any atom is -0.0836 e. The highest BCUT2D eigenvalue weighted by molar-refractivity contribution is 6.46. The van der Waals surface area contributed by atoms with Gasteiger partial charge in [-0.25, -0.2) is 0 Å². The molecule has 0 N–H and O–H groups in total. The van der Waals surface area contributed by atoms with Crippen LogP contribution in [0.5, 0.6) is 0 Å². The first-order valence-corrected chi connectivity index (χ1v) is 6.09. The summed E-state index contributed by atoms with van der Waals surface area (Å²) in [6, 6.07) is 15.3. The number of benzene rings is 3. The van der Waals surface area contributed by atoms with Gasteiger partial charge in [-0.15, -0.1) is 0 Å². The van der Waals surface area contributed by atoms with Crippen LogP contribution in [-0.4, -0.2) is 0 Å². The quantitative estimate of drug-likeness (QED) is 0.473. The van der Waals surface area contributed by atoms with Crippen LogP contribution in [0.25, 0.3) is 21.5 Å². The first kappa shape index (κ1) is 11.2. The molecule has 3 aromatic carbocycles. The summed E-state index contributed by atoms with van der Waals surface area (Å²) in [6.07, 6.45) is 0. The highest BCUT2D eigenvalue weighted by Crippen LogP contribution is 2.37. The lowest BCUT2D eigenvalue weighted by Crippen LogP contribution is -1.81. The average molecular weight is 280 g/mol. The van der Waals surface area contributed by atoms with Gasteiger partial charge in [0, 0.05) is 21.9 Å². The van der Waals surface area contributed by atoms with Crippen LogP contribution < -0.4 is 0 Å². The smallest absolute Gasteiger partial charge is 0.0677 e. The molecule has 0 aliphatic rings. The molecule has 0 spiro atoms. The highest BCUT2D eigenvalue weighted by Gasteiger charge is 2.09. The number of fused-ring (bicyclic) bond motifs is 3. The van der Waals surface area contributed by atoms with E-state index in [2.05, 4.69) is 12.1 Å². The largest absolute Gasteiger partial charge is 0.0836 e. The van der Waals surface area contributed by atoms with Gasteiger partial charge in [-0.2, -0.15) is 0 Å². The molecule has 3 rings (SSSR count). The van der Waals surface area contributed by atoms with E-state index in [4.69, 9.17) is 34.8 Å². The predicted octanol–water partition coefficient (Wildman–Crippen LogP) is 5.55. The molecule has 82 valence electrons. The van der Waals surface area contributed by atoms with Crippen molar-refractivity contribution in [1.29, 1.82) is 0 Å². The van der Waals surface area contributed by atoms with E-state index < -0.39 is 0 Å². The molecule has 0 nitrogen and oxygen atoms in total. The Balaban J connectivity index is 2.62. The molecule has 0 atom stereocenters. The van der Waals surface area contributed by atoms with Crippen LogP contribution in [0.4, 0.5) is 0 Å². The van der Waals surface area contributed by atoms with Crippen molar-refractivity contribution in [2.75, 3.05) is 0 Å². The van der Waals surface area contributed by atoms with E-state index in [1.54, 1.807) is 0 Å². The second-order valence-electron chi connectivity index (χ2n) is 3.71. The van der Waals surface area contributed by atoms with Gasteiger partial charge in [0.05, 0.1) is 10.0 Å². The number of halogens is 3. The van der Waals surface area contributed by atoms with Gasteiger partial charge in [-0.3, -0.25) is 0 Å². The summed E-state index contributed by atoms with van der Waals surface area (Å²) in [7, 11) is 0. The Labute approximate surface area is 114 Å². The molecule has 0 bridgehead atoms.